The summed E-state index contributed by atoms with van der Waals surface area (Å²) in [5.41, 5.74) is 0.576. The van der Waals surface area contributed by atoms with Crippen LogP contribution in [0.25, 0.3) is 0 Å². The first-order valence-electron chi connectivity index (χ1n) is 6.54. The lowest BCUT2D eigenvalue weighted by Crippen LogP contribution is -2.43. The van der Waals surface area contributed by atoms with E-state index < -0.39 is 6.10 Å². The van der Waals surface area contributed by atoms with Gasteiger partial charge in [-0.05, 0) is 25.1 Å². The maximum Gasteiger partial charge on any atom is 0.260 e. The number of aliphatic hydroxyl groups excluding tert-OH is 1. The number of ether oxygens (including phenoxy) is 2. The largest absolute Gasteiger partial charge is 0.483 e. The van der Waals surface area contributed by atoms with E-state index in [0.717, 1.165) is 0 Å². The molecule has 20 heavy (non-hydrogen) atoms. The van der Waals surface area contributed by atoms with E-state index in [9.17, 15) is 9.90 Å². The molecule has 1 heterocycles. The predicted octanol–water partition coefficient (Wildman–Crippen LogP) is 1.63. The van der Waals surface area contributed by atoms with Crippen molar-refractivity contribution in [1.82, 2.24) is 4.90 Å². The summed E-state index contributed by atoms with van der Waals surface area (Å²) >= 11 is 5.89. The number of carbonyl (C=O) groups is 1. The van der Waals surface area contributed by atoms with Crippen LogP contribution >= 0.6 is 11.6 Å². The minimum absolute atomic E-state index is 0.0542. The molecule has 0 spiro atoms. The van der Waals surface area contributed by atoms with Crippen molar-refractivity contribution in [1.29, 1.82) is 0 Å². The van der Waals surface area contributed by atoms with E-state index >= 15 is 0 Å². The Morgan fingerprint density at radius 3 is 2.85 bits per heavy atom. The fourth-order valence-corrected chi connectivity index (χ4v) is 2.20. The molecule has 1 fully saturated rings. The van der Waals surface area contributed by atoms with Crippen LogP contribution in [0.2, 0.25) is 5.02 Å². The molecule has 0 radical (unpaired) electrons. The summed E-state index contributed by atoms with van der Waals surface area (Å²) in [5, 5.41) is 10.2. The summed E-state index contributed by atoms with van der Waals surface area (Å²) in [6.07, 6.45) is -0.706. The maximum absolute atomic E-state index is 12.0. The lowest BCUT2D eigenvalue weighted by molar-refractivity contribution is -0.137. The zero-order chi connectivity index (χ0) is 14.5. The first kappa shape index (κ1) is 15.1. The molecular formula is C14H18ClNO4. The van der Waals surface area contributed by atoms with Gasteiger partial charge < -0.3 is 19.5 Å². The second-order valence-electron chi connectivity index (χ2n) is 4.64. The molecule has 2 rings (SSSR count). The third kappa shape index (κ3) is 3.85. The summed E-state index contributed by atoms with van der Waals surface area (Å²) in [4.78, 5) is 13.7. The Bertz CT molecular complexity index is 472. The molecule has 1 N–H and O–H groups in total. The standard InChI is InChI=1S/C14H18ClNO4/c1-10(17)12-8-11(15)2-3-13(12)20-9-14(18)16-4-6-19-7-5-16/h2-3,8,10,17H,4-7,9H2,1H3. The lowest BCUT2D eigenvalue weighted by atomic mass is 10.1. The normalized spacial score (nSPS) is 16.9. The van der Waals surface area contributed by atoms with Crippen molar-refractivity contribution >= 4 is 17.5 Å². The molecule has 0 saturated carbocycles. The van der Waals surface area contributed by atoms with E-state index in [-0.39, 0.29) is 12.5 Å². The average molecular weight is 300 g/mol. The maximum atomic E-state index is 12.0. The second-order valence-corrected chi connectivity index (χ2v) is 5.08. The number of halogens is 1. The highest BCUT2D eigenvalue weighted by Gasteiger charge is 2.18. The molecule has 110 valence electrons. The predicted molar refractivity (Wildman–Crippen MR) is 75.0 cm³/mol. The van der Waals surface area contributed by atoms with Crippen LogP contribution in [-0.4, -0.2) is 48.8 Å². The number of amides is 1. The Morgan fingerprint density at radius 2 is 2.20 bits per heavy atom. The Labute approximate surface area is 123 Å². The molecule has 1 aliphatic rings. The fraction of sp³-hybridized carbons (Fsp3) is 0.500. The molecule has 1 aromatic rings. The Kier molecular flexibility index (Phi) is 5.23. The number of carbonyl (C=O) groups excluding carboxylic acids is 1. The molecular weight excluding hydrogens is 282 g/mol. The Hall–Kier alpha value is -1.30. The molecule has 0 bridgehead atoms. The molecule has 1 aromatic carbocycles. The van der Waals surface area contributed by atoms with Crippen molar-refractivity contribution in [3.8, 4) is 5.75 Å². The number of hydrogen-bond donors (Lipinski definition) is 1. The molecule has 1 amide bonds. The van der Waals surface area contributed by atoms with Crippen molar-refractivity contribution in [2.45, 2.75) is 13.0 Å². The molecule has 1 atom stereocenters. The van der Waals surface area contributed by atoms with E-state index in [2.05, 4.69) is 0 Å². The number of rotatable bonds is 4. The average Bonchev–Trinajstić information content (AvgIpc) is 2.46. The van der Waals surface area contributed by atoms with E-state index in [1.807, 2.05) is 0 Å². The quantitative estimate of drug-likeness (QED) is 0.918. The third-order valence-electron chi connectivity index (χ3n) is 3.14. The summed E-state index contributed by atoms with van der Waals surface area (Å²) in [7, 11) is 0. The highest BCUT2D eigenvalue weighted by molar-refractivity contribution is 6.30. The van der Waals surface area contributed by atoms with Crippen LogP contribution in [0.15, 0.2) is 18.2 Å². The molecule has 0 aliphatic carbocycles. The van der Waals surface area contributed by atoms with E-state index in [1.165, 1.54) is 0 Å². The molecule has 6 heteroatoms. The van der Waals surface area contributed by atoms with Gasteiger partial charge in [-0.3, -0.25) is 4.79 Å². The van der Waals surface area contributed by atoms with Gasteiger partial charge >= 0.3 is 0 Å². The van der Waals surface area contributed by atoms with Crippen LogP contribution in [0.1, 0.15) is 18.6 Å². The first-order valence-corrected chi connectivity index (χ1v) is 6.91. The van der Waals surface area contributed by atoms with Crippen LogP contribution in [0.3, 0.4) is 0 Å². The van der Waals surface area contributed by atoms with Crippen LogP contribution < -0.4 is 4.74 Å². The van der Waals surface area contributed by atoms with Crippen LogP contribution in [0.4, 0.5) is 0 Å². The highest BCUT2D eigenvalue weighted by atomic mass is 35.5. The minimum Gasteiger partial charge on any atom is -0.483 e. The molecule has 0 aromatic heterocycles. The highest BCUT2D eigenvalue weighted by Crippen LogP contribution is 2.28. The van der Waals surface area contributed by atoms with Gasteiger partial charge in [-0.2, -0.15) is 0 Å². The molecule has 1 unspecified atom stereocenters. The van der Waals surface area contributed by atoms with Crippen LogP contribution in [-0.2, 0) is 9.53 Å². The van der Waals surface area contributed by atoms with Crippen molar-refractivity contribution in [3.63, 3.8) is 0 Å². The zero-order valence-corrected chi connectivity index (χ0v) is 12.1. The molecule has 1 aliphatic heterocycles. The Balaban J connectivity index is 1.98. The topological polar surface area (TPSA) is 59.0 Å². The van der Waals surface area contributed by atoms with Gasteiger partial charge in [-0.1, -0.05) is 11.6 Å². The third-order valence-corrected chi connectivity index (χ3v) is 3.37. The van der Waals surface area contributed by atoms with Gasteiger partial charge in [0.2, 0.25) is 0 Å². The summed E-state index contributed by atoms with van der Waals surface area (Å²) in [6.45, 7) is 3.87. The summed E-state index contributed by atoms with van der Waals surface area (Å²) in [5.74, 6) is 0.394. The Morgan fingerprint density at radius 1 is 1.50 bits per heavy atom. The number of hydrogen-bond acceptors (Lipinski definition) is 4. The van der Waals surface area contributed by atoms with Gasteiger partial charge in [0.15, 0.2) is 6.61 Å². The number of aliphatic hydroxyl groups is 1. The van der Waals surface area contributed by atoms with Crippen LogP contribution in [0.5, 0.6) is 5.75 Å². The van der Waals surface area contributed by atoms with Gasteiger partial charge in [0.1, 0.15) is 5.75 Å². The van der Waals surface area contributed by atoms with Crippen LogP contribution in [0, 0.1) is 0 Å². The van der Waals surface area contributed by atoms with Gasteiger partial charge in [0, 0.05) is 23.7 Å². The van der Waals surface area contributed by atoms with Crippen molar-refractivity contribution in [3.05, 3.63) is 28.8 Å². The SMILES string of the molecule is CC(O)c1cc(Cl)ccc1OCC(=O)N1CCOCC1. The molecule has 1 saturated heterocycles. The van der Waals surface area contributed by atoms with Gasteiger partial charge in [-0.25, -0.2) is 0 Å². The van der Waals surface area contributed by atoms with Crippen molar-refractivity contribution in [2.75, 3.05) is 32.9 Å². The van der Waals surface area contributed by atoms with E-state index in [4.69, 9.17) is 21.1 Å². The number of benzene rings is 1. The van der Waals surface area contributed by atoms with Gasteiger partial charge in [0.05, 0.1) is 19.3 Å². The van der Waals surface area contributed by atoms with E-state index in [1.54, 1.807) is 30.0 Å². The number of morpholine rings is 1. The molecule has 5 nitrogen and oxygen atoms in total. The van der Waals surface area contributed by atoms with E-state index in [0.29, 0.717) is 42.6 Å². The van der Waals surface area contributed by atoms with Crippen molar-refractivity contribution in [2.24, 2.45) is 0 Å². The first-order chi connectivity index (χ1) is 9.58. The smallest absolute Gasteiger partial charge is 0.260 e. The summed E-state index contributed by atoms with van der Waals surface area (Å²) in [6, 6.07) is 4.97. The zero-order valence-electron chi connectivity index (χ0n) is 11.3. The fourth-order valence-electron chi connectivity index (χ4n) is 2.02. The monoisotopic (exact) mass is 299 g/mol. The minimum atomic E-state index is -0.706. The van der Waals surface area contributed by atoms with Gasteiger partial charge in [-0.15, -0.1) is 0 Å². The number of nitrogens with zero attached hydrogens (tertiary/aromatic N) is 1. The summed E-state index contributed by atoms with van der Waals surface area (Å²) < 4.78 is 10.7. The lowest BCUT2D eigenvalue weighted by Gasteiger charge is -2.27. The second kappa shape index (κ2) is 6.92. The van der Waals surface area contributed by atoms with Crippen molar-refractivity contribution < 1.29 is 19.4 Å². The van der Waals surface area contributed by atoms with Gasteiger partial charge in [0.25, 0.3) is 5.91 Å².